The number of hydrogen-bond donors (Lipinski definition) is 2. The predicted octanol–water partition coefficient (Wildman–Crippen LogP) is 6.79. The van der Waals surface area contributed by atoms with Gasteiger partial charge in [0.2, 0.25) is 0 Å². The summed E-state index contributed by atoms with van der Waals surface area (Å²) in [5.74, 6) is -0.242. The largest absolute Gasteiger partial charge is 0.496 e. The first-order valence-electron chi connectivity index (χ1n) is 11.4. The number of benzene rings is 3. The van der Waals surface area contributed by atoms with Crippen molar-refractivity contribution < 1.29 is 14.3 Å². The van der Waals surface area contributed by atoms with Gasteiger partial charge >= 0.3 is 0 Å². The van der Waals surface area contributed by atoms with Crippen molar-refractivity contribution in [1.82, 2.24) is 0 Å². The van der Waals surface area contributed by atoms with Crippen LogP contribution >= 0.6 is 0 Å². The minimum atomic E-state index is -0.343. The molecule has 2 amide bonds. The van der Waals surface area contributed by atoms with Crippen LogP contribution in [0, 0.1) is 0 Å². The molecular weight excluding hydrogens is 424 g/mol. The molecule has 5 nitrogen and oxygen atoms in total. The summed E-state index contributed by atoms with van der Waals surface area (Å²) >= 11 is 0. The summed E-state index contributed by atoms with van der Waals surface area (Å²) in [7, 11) is 1.50. The van der Waals surface area contributed by atoms with E-state index in [4.69, 9.17) is 4.74 Å². The third kappa shape index (κ3) is 6.04. The number of carbonyl (C=O) groups excluding carboxylic acids is 2. The Balaban J connectivity index is 1.78. The molecule has 3 rings (SSSR count). The van der Waals surface area contributed by atoms with Crippen LogP contribution in [0.1, 0.15) is 73.4 Å². The molecule has 5 heteroatoms. The number of rotatable bonds is 5. The number of carbonyl (C=O) groups is 2. The van der Waals surface area contributed by atoms with Crippen molar-refractivity contribution in [3.05, 3.63) is 89.0 Å². The molecule has 0 aliphatic rings. The minimum Gasteiger partial charge on any atom is -0.496 e. The highest BCUT2D eigenvalue weighted by Gasteiger charge is 2.18. The fraction of sp³-hybridized carbons (Fsp3) is 0.310. The third-order valence-corrected chi connectivity index (χ3v) is 5.72. The summed E-state index contributed by atoms with van der Waals surface area (Å²) in [6.45, 7) is 12.8. The second kappa shape index (κ2) is 9.72. The summed E-state index contributed by atoms with van der Waals surface area (Å²) in [4.78, 5) is 25.9. The van der Waals surface area contributed by atoms with E-state index in [9.17, 15) is 9.59 Å². The van der Waals surface area contributed by atoms with Gasteiger partial charge in [-0.25, -0.2) is 0 Å². The highest BCUT2D eigenvalue weighted by Crippen LogP contribution is 2.26. The van der Waals surface area contributed by atoms with Crippen molar-refractivity contribution in [2.75, 3.05) is 17.7 Å². The predicted molar refractivity (Wildman–Crippen MR) is 139 cm³/mol. The number of anilines is 2. The number of methoxy groups -OCH3 is 1. The number of ether oxygens (including phenoxy) is 1. The van der Waals surface area contributed by atoms with Crippen LogP contribution in [0.25, 0.3) is 0 Å². The molecule has 178 valence electrons. The molecule has 3 aromatic rings. The molecule has 2 N–H and O–H groups in total. The maximum Gasteiger partial charge on any atom is 0.259 e. The lowest BCUT2D eigenvalue weighted by Crippen LogP contribution is -2.17. The summed E-state index contributed by atoms with van der Waals surface area (Å²) in [6, 6.07) is 20.4. The van der Waals surface area contributed by atoms with Crippen LogP contribution in [0.2, 0.25) is 0 Å². The fourth-order valence-electron chi connectivity index (χ4n) is 3.54. The van der Waals surface area contributed by atoms with E-state index >= 15 is 0 Å². The SMILES string of the molecule is COc1ccc(C(=O)Nc2ccc(C(C)(C)C)cc2)cc1C(=O)Nc1ccc(C(C)(C)C)cc1. The van der Waals surface area contributed by atoms with E-state index in [0.717, 1.165) is 0 Å². The Morgan fingerprint density at radius 2 is 1.09 bits per heavy atom. The van der Waals surface area contributed by atoms with E-state index in [1.807, 2.05) is 48.5 Å². The van der Waals surface area contributed by atoms with Crippen molar-refractivity contribution in [1.29, 1.82) is 0 Å². The van der Waals surface area contributed by atoms with E-state index in [1.54, 1.807) is 18.2 Å². The second-order valence-corrected chi connectivity index (χ2v) is 10.5. The zero-order valence-corrected chi connectivity index (χ0v) is 21.1. The fourth-order valence-corrected chi connectivity index (χ4v) is 3.54. The molecule has 0 aliphatic carbocycles. The molecule has 0 aliphatic heterocycles. The van der Waals surface area contributed by atoms with Crippen molar-refractivity contribution in [3.63, 3.8) is 0 Å². The maximum atomic E-state index is 13.0. The highest BCUT2D eigenvalue weighted by atomic mass is 16.5. The van der Waals surface area contributed by atoms with Gasteiger partial charge < -0.3 is 15.4 Å². The summed E-state index contributed by atoms with van der Waals surface area (Å²) in [5.41, 5.74) is 4.45. The number of nitrogens with one attached hydrogen (secondary N) is 2. The first kappa shape index (κ1) is 25.0. The van der Waals surface area contributed by atoms with Gasteiger partial charge in [-0.05, 0) is 64.4 Å². The molecule has 0 fully saturated rings. The van der Waals surface area contributed by atoms with Gasteiger partial charge in [0.25, 0.3) is 11.8 Å². The van der Waals surface area contributed by atoms with Crippen LogP contribution in [0.3, 0.4) is 0 Å². The summed E-state index contributed by atoms with van der Waals surface area (Å²) < 4.78 is 5.37. The second-order valence-electron chi connectivity index (χ2n) is 10.5. The van der Waals surface area contributed by atoms with Crippen LogP contribution < -0.4 is 15.4 Å². The zero-order valence-electron chi connectivity index (χ0n) is 21.1. The first-order valence-corrected chi connectivity index (χ1v) is 11.4. The molecule has 34 heavy (non-hydrogen) atoms. The van der Waals surface area contributed by atoms with Crippen LogP contribution in [0.5, 0.6) is 5.75 Å². The molecule has 0 saturated carbocycles. The summed E-state index contributed by atoms with van der Waals surface area (Å²) in [6.07, 6.45) is 0. The third-order valence-electron chi connectivity index (χ3n) is 5.72. The van der Waals surface area contributed by atoms with Crippen molar-refractivity contribution in [3.8, 4) is 5.75 Å². The van der Waals surface area contributed by atoms with E-state index < -0.39 is 0 Å². The molecule has 0 aromatic heterocycles. The van der Waals surface area contributed by atoms with Gasteiger partial charge in [0.05, 0.1) is 12.7 Å². The normalized spacial score (nSPS) is 11.6. The van der Waals surface area contributed by atoms with Gasteiger partial charge in [-0.2, -0.15) is 0 Å². The van der Waals surface area contributed by atoms with Crippen molar-refractivity contribution in [2.45, 2.75) is 52.4 Å². The highest BCUT2D eigenvalue weighted by molar-refractivity contribution is 6.10. The molecule has 3 aromatic carbocycles. The van der Waals surface area contributed by atoms with Crippen molar-refractivity contribution >= 4 is 23.2 Å². The van der Waals surface area contributed by atoms with Gasteiger partial charge in [-0.15, -0.1) is 0 Å². The molecule has 0 saturated heterocycles. The van der Waals surface area contributed by atoms with Gasteiger partial charge in [0.1, 0.15) is 5.75 Å². The molecule has 0 atom stereocenters. The van der Waals surface area contributed by atoms with Crippen molar-refractivity contribution in [2.24, 2.45) is 0 Å². The lowest BCUT2D eigenvalue weighted by Gasteiger charge is -2.19. The van der Waals surface area contributed by atoms with Crippen LogP contribution in [-0.2, 0) is 10.8 Å². The lowest BCUT2D eigenvalue weighted by molar-refractivity contribution is 0.102. The Labute approximate surface area is 202 Å². The van der Waals surface area contributed by atoms with Gasteiger partial charge in [0.15, 0.2) is 0 Å². The molecule has 0 heterocycles. The summed E-state index contributed by atoms with van der Waals surface area (Å²) in [5, 5.41) is 5.80. The topological polar surface area (TPSA) is 67.4 Å². The average molecular weight is 459 g/mol. The standard InChI is InChI=1S/C29H34N2O3/c1-28(2,3)20-9-13-22(14-10-20)30-26(32)19-8-17-25(34-7)24(18-19)27(33)31-23-15-11-21(12-16-23)29(4,5)6/h8-18H,1-7H3,(H,30,32)(H,31,33). The minimum absolute atomic E-state index is 0.0283. The number of hydrogen-bond acceptors (Lipinski definition) is 3. The van der Waals surface area contributed by atoms with Gasteiger partial charge in [-0.1, -0.05) is 65.8 Å². The molecule has 0 spiro atoms. The van der Waals surface area contributed by atoms with Gasteiger partial charge in [-0.3, -0.25) is 9.59 Å². The van der Waals surface area contributed by atoms with Crippen LogP contribution in [0.4, 0.5) is 11.4 Å². The first-order chi connectivity index (χ1) is 15.9. The van der Waals surface area contributed by atoms with Crippen LogP contribution in [0.15, 0.2) is 66.7 Å². The Bertz CT molecular complexity index is 1170. The zero-order chi connectivity index (χ0) is 25.1. The molecular formula is C29H34N2O3. The average Bonchev–Trinajstić information content (AvgIpc) is 2.78. The van der Waals surface area contributed by atoms with Gasteiger partial charge in [0, 0.05) is 16.9 Å². The Morgan fingerprint density at radius 3 is 1.50 bits per heavy atom. The van der Waals surface area contributed by atoms with E-state index in [1.165, 1.54) is 18.2 Å². The number of amides is 2. The Kier molecular flexibility index (Phi) is 7.15. The molecule has 0 radical (unpaired) electrons. The van der Waals surface area contributed by atoms with E-state index in [2.05, 4.69) is 52.2 Å². The Hall–Kier alpha value is -3.60. The maximum absolute atomic E-state index is 13.0. The monoisotopic (exact) mass is 458 g/mol. The van der Waals surface area contributed by atoms with E-state index in [-0.39, 0.29) is 28.2 Å². The Morgan fingerprint density at radius 1 is 0.647 bits per heavy atom. The molecule has 0 bridgehead atoms. The smallest absolute Gasteiger partial charge is 0.259 e. The quantitative estimate of drug-likeness (QED) is 0.442. The lowest BCUT2D eigenvalue weighted by atomic mass is 9.87. The van der Waals surface area contributed by atoms with E-state index in [0.29, 0.717) is 22.7 Å². The molecule has 0 unspecified atom stereocenters. The van der Waals surface area contributed by atoms with Crippen LogP contribution in [-0.4, -0.2) is 18.9 Å².